The Morgan fingerprint density at radius 1 is 1.39 bits per heavy atom. The molecule has 2 heterocycles. The molecule has 0 bridgehead atoms. The molecular formula is C16H18N4O3. The summed E-state index contributed by atoms with van der Waals surface area (Å²) in [5, 5.41) is 9.18. The van der Waals surface area contributed by atoms with Gasteiger partial charge >= 0.3 is 0 Å². The molecule has 7 heteroatoms. The highest BCUT2D eigenvalue weighted by atomic mass is 16.5. The number of carbonyl (C=O) groups excluding carboxylic acids is 2. The van der Waals surface area contributed by atoms with E-state index in [2.05, 4.69) is 15.5 Å². The van der Waals surface area contributed by atoms with Gasteiger partial charge in [-0.05, 0) is 17.7 Å². The lowest BCUT2D eigenvalue weighted by Crippen LogP contribution is -2.28. The lowest BCUT2D eigenvalue weighted by atomic mass is 10.1. The largest absolute Gasteiger partial charge is 0.497 e. The van der Waals surface area contributed by atoms with E-state index in [1.54, 1.807) is 24.3 Å². The van der Waals surface area contributed by atoms with Crippen LogP contribution in [0, 0.1) is 5.92 Å². The first-order chi connectivity index (χ1) is 11.2. The number of ether oxygens (including phenoxy) is 1. The number of likely N-dealkylation sites (tertiary alicyclic amines) is 1. The summed E-state index contributed by atoms with van der Waals surface area (Å²) >= 11 is 0. The van der Waals surface area contributed by atoms with Crippen molar-refractivity contribution in [2.24, 2.45) is 5.92 Å². The molecule has 1 fully saturated rings. The molecule has 2 aromatic rings. The molecular weight excluding hydrogens is 296 g/mol. The number of benzene rings is 1. The van der Waals surface area contributed by atoms with Crippen LogP contribution in [0.15, 0.2) is 36.5 Å². The van der Waals surface area contributed by atoms with E-state index in [-0.39, 0.29) is 24.2 Å². The molecule has 23 heavy (non-hydrogen) atoms. The molecule has 3 rings (SSSR count). The summed E-state index contributed by atoms with van der Waals surface area (Å²) in [5.41, 5.74) is 1.01. The average molecular weight is 314 g/mol. The number of nitrogens with zero attached hydrogens (tertiary/aromatic N) is 2. The normalized spacial score (nSPS) is 17.3. The van der Waals surface area contributed by atoms with Crippen LogP contribution in [0.1, 0.15) is 12.0 Å². The summed E-state index contributed by atoms with van der Waals surface area (Å²) in [7, 11) is 1.61. The molecule has 1 saturated heterocycles. The second-order valence-electron chi connectivity index (χ2n) is 5.48. The van der Waals surface area contributed by atoms with Crippen LogP contribution in [0.4, 0.5) is 5.82 Å². The Kier molecular flexibility index (Phi) is 4.27. The molecule has 1 aromatic carbocycles. The maximum Gasteiger partial charge on any atom is 0.230 e. The zero-order chi connectivity index (χ0) is 16.2. The fraction of sp³-hybridized carbons (Fsp3) is 0.312. The van der Waals surface area contributed by atoms with E-state index in [0.29, 0.717) is 18.9 Å². The van der Waals surface area contributed by atoms with Crippen LogP contribution in [-0.4, -0.2) is 40.6 Å². The van der Waals surface area contributed by atoms with Crippen molar-refractivity contribution in [3.63, 3.8) is 0 Å². The molecule has 120 valence electrons. The Hall–Kier alpha value is -2.83. The summed E-state index contributed by atoms with van der Waals surface area (Å²) in [6.45, 7) is 0.918. The van der Waals surface area contributed by atoms with Crippen molar-refractivity contribution in [2.45, 2.75) is 13.0 Å². The van der Waals surface area contributed by atoms with Crippen molar-refractivity contribution < 1.29 is 14.3 Å². The molecule has 1 aliphatic rings. The number of carbonyl (C=O) groups is 2. The van der Waals surface area contributed by atoms with Crippen molar-refractivity contribution >= 4 is 17.6 Å². The fourth-order valence-corrected chi connectivity index (χ4v) is 2.61. The van der Waals surface area contributed by atoms with Crippen LogP contribution >= 0.6 is 0 Å². The third-order valence-corrected chi connectivity index (χ3v) is 3.88. The summed E-state index contributed by atoms with van der Waals surface area (Å²) in [6, 6.07) is 9.23. The smallest absolute Gasteiger partial charge is 0.230 e. The van der Waals surface area contributed by atoms with Gasteiger partial charge in [0.15, 0.2) is 0 Å². The number of amides is 2. The lowest BCUT2D eigenvalue weighted by molar-refractivity contribution is -0.128. The maximum atomic E-state index is 12.2. The van der Waals surface area contributed by atoms with E-state index in [9.17, 15) is 9.59 Å². The highest BCUT2D eigenvalue weighted by Crippen LogP contribution is 2.22. The van der Waals surface area contributed by atoms with Crippen molar-refractivity contribution in [1.82, 2.24) is 15.1 Å². The number of hydrogen-bond donors (Lipinski definition) is 2. The van der Waals surface area contributed by atoms with Gasteiger partial charge in [0.05, 0.1) is 19.2 Å². The first kappa shape index (κ1) is 15.1. The number of aromatic nitrogens is 2. The third-order valence-electron chi connectivity index (χ3n) is 3.88. The molecule has 1 atom stereocenters. The fourth-order valence-electron chi connectivity index (χ4n) is 2.61. The van der Waals surface area contributed by atoms with Gasteiger partial charge in [0, 0.05) is 25.6 Å². The highest BCUT2D eigenvalue weighted by molar-refractivity contribution is 5.96. The number of hydrogen-bond acceptors (Lipinski definition) is 4. The van der Waals surface area contributed by atoms with E-state index >= 15 is 0 Å². The number of methoxy groups -OCH3 is 1. The topological polar surface area (TPSA) is 87.3 Å². The Labute approximate surface area is 133 Å². The average Bonchev–Trinajstić information content (AvgIpc) is 3.18. The molecule has 1 aliphatic heterocycles. The number of anilines is 1. The first-order valence-corrected chi connectivity index (χ1v) is 7.36. The van der Waals surface area contributed by atoms with E-state index in [0.717, 1.165) is 11.3 Å². The quantitative estimate of drug-likeness (QED) is 0.873. The number of nitrogens with one attached hydrogen (secondary N) is 2. The minimum Gasteiger partial charge on any atom is -0.497 e. The molecule has 7 nitrogen and oxygen atoms in total. The Morgan fingerprint density at radius 3 is 2.83 bits per heavy atom. The second kappa shape index (κ2) is 6.51. The molecule has 0 spiro atoms. The predicted octanol–water partition coefficient (Wildman–Crippen LogP) is 1.41. The molecule has 0 saturated carbocycles. The zero-order valence-corrected chi connectivity index (χ0v) is 12.8. The van der Waals surface area contributed by atoms with Crippen LogP contribution in [0.3, 0.4) is 0 Å². The molecule has 1 aromatic heterocycles. The lowest BCUT2D eigenvalue weighted by Gasteiger charge is -2.16. The standard InChI is InChI=1S/C16H18N4O3/c1-23-13-4-2-11(3-5-13)9-20-10-12(8-15(20)21)16(22)18-14-6-7-17-19-14/h2-7,12H,8-10H2,1H3,(H2,17,18,19,22)/t12-/m0/s1. The monoisotopic (exact) mass is 314 g/mol. The zero-order valence-electron chi connectivity index (χ0n) is 12.8. The van der Waals surface area contributed by atoms with Crippen LogP contribution in [0.25, 0.3) is 0 Å². The highest BCUT2D eigenvalue weighted by Gasteiger charge is 2.34. The van der Waals surface area contributed by atoms with Gasteiger partial charge in [-0.2, -0.15) is 5.10 Å². The summed E-state index contributed by atoms with van der Waals surface area (Å²) in [5.74, 6) is 0.795. The summed E-state index contributed by atoms with van der Waals surface area (Å²) in [4.78, 5) is 26.0. The molecule has 0 aliphatic carbocycles. The van der Waals surface area contributed by atoms with Gasteiger partial charge in [-0.3, -0.25) is 14.7 Å². The molecule has 0 radical (unpaired) electrons. The second-order valence-corrected chi connectivity index (χ2v) is 5.48. The third kappa shape index (κ3) is 3.50. The Bertz CT molecular complexity index is 682. The van der Waals surface area contributed by atoms with E-state index in [1.165, 1.54) is 0 Å². The van der Waals surface area contributed by atoms with Crippen LogP contribution in [0.2, 0.25) is 0 Å². The maximum absolute atomic E-state index is 12.2. The molecule has 2 amide bonds. The van der Waals surface area contributed by atoms with Crippen LogP contribution in [-0.2, 0) is 16.1 Å². The van der Waals surface area contributed by atoms with Gasteiger partial charge < -0.3 is 15.0 Å². The minimum absolute atomic E-state index is 0.00872. The van der Waals surface area contributed by atoms with Crippen molar-refractivity contribution in [2.75, 3.05) is 19.0 Å². The van der Waals surface area contributed by atoms with Crippen LogP contribution < -0.4 is 10.1 Å². The Morgan fingerprint density at radius 2 is 2.17 bits per heavy atom. The van der Waals surface area contributed by atoms with Gasteiger partial charge in [-0.15, -0.1) is 0 Å². The first-order valence-electron chi connectivity index (χ1n) is 7.36. The van der Waals surface area contributed by atoms with Gasteiger partial charge in [-0.25, -0.2) is 0 Å². The van der Waals surface area contributed by atoms with Crippen molar-refractivity contribution in [3.8, 4) is 5.75 Å². The summed E-state index contributed by atoms with van der Waals surface area (Å²) < 4.78 is 5.12. The van der Waals surface area contributed by atoms with E-state index < -0.39 is 0 Å². The number of rotatable bonds is 5. The van der Waals surface area contributed by atoms with E-state index in [1.807, 2.05) is 24.3 Å². The van der Waals surface area contributed by atoms with Crippen molar-refractivity contribution in [3.05, 3.63) is 42.1 Å². The van der Waals surface area contributed by atoms with Gasteiger partial charge in [0.1, 0.15) is 11.6 Å². The van der Waals surface area contributed by atoms with Crippen molar-refractivity contribution in [1.29, 1.82) is 0 Å². The predicted molar refractivity (Wildman–Crippen MR) is 83.7 cm³/mol. The van der Waals surface area contributed by atoms with Gasteiger partial charge in [-0.1, -0.05) is 12.1 Å². The SMILES string of the molecule is COc1ccc(CN2C[C@@H](C(=O)Nc3ccn[nH]3)CC2=O)cc1. The molecule has 0 unspecified atom stereocenters. The summed E-state index contributed by atoms with van der Waals surface area (Å²) in [6.07, 6.45) is 1.79. The molecule has 2 N–H and O–H groups in total. The number of H-pyrrole nitrogens is 1. The Balaban J connectivity index is 1.59. The minimum atomic E-state index is -0.343. The van der Waals surface area contributed by atoms with Crippen LogP contribution in [0.5, 0.6) is 5.75 Å². The van der Waals surface area contributed by atoms with E-state index in [4.69, 9.17) is 4.74 Å². The van der Waals surface area contributed by atoms with Gasteiger partial charge in [0.2, 0.25) is 11.8 Å². The van der Waals surface area contributed by atoms with Gasteiger partial charge in [0.25, 0.3) is 0 Å². The number of aromatic amines is 1.